The smallest absolute Gasteiger partial charge is 0.256 e. The van der Waals surface area contributed by atoms with E-state index in [1.54, 1.807) is 62.6 Å². The van der Waals surface area contributed by atoms with Gasteiger partial charge >= 0.3 is 0 Å². The number of para-hydroxylation sites is 1. The van der Waals surface area contributed by atoms with Crippen LogP contribution in [0.5, 0.6) is 0 Å². The predicted molar refractivity (Wildman–Crippen MR) is 95.4 cm³/mol. The molecule has 1 heterocycles. The Hall–Kier alpha value is -3.15. The van der Waals surface area contributed by atoms with Gasteiger partial charge in [-0.2, -0.15) is 0 Å². The maximum absolute atomic E-state index is 12.6. The molecule has 2 aromatic carbocycles. The highest BCUT2D eigenvalue weighted by Crippen LogP contribution is 2.24. The molecule has 6 heteroatoms. The normalized spacial score (nSPS) is 16.9. The minimum atomic E-state index is -0.608. The molecule has 0 spiro atoms. The second-order valence-corrected chi connectivity index (χ2v) is 6.08. The second-order valence-electron chi connectivity index (χ2n) is 6.08. The lowest BCUT2D eigenvalue weighted by Gasteiger charge is -2.16. The maximum Gasteiger partial charge on any atom is 0.256 e. The molecule has 3 rings (SSSR count). The molecule has 1 aliphatic rings. The summed E-state index contributed by atoms with van der Waals surface area (Å²) in [6.45, 7) is 0. The van der Waals surface area contributed by atoms with Crippen LogP contribution in [0.3, 0.4) is 0 Å². The molecule has 2 aromatic rings. The van der Waals surface area contributed by atoms with Crippen LogP contribution >= 0.6 is 0 Å². The molecule has 0 radical (unpaired) electrons. The first-order valence-electron chi connectivity index (χ1n) is 7.97. The van der Waals surface area contributed by atoms with E-state index in [1.165, 1.54) is 9.80 Å². The highest BCUT2D eigenvalue weighted by Gasteiger charge is 2.39. The first-order valence-corrected chi connectivity index (χ1v) is 7.97. The molecular formula is C19H19N3O3. The van der Waals surface area contributed by atoms with Crippen molar-refractivity contribution in [2.45, 2.75) is 12.5 Å². The quantitative estimate of drug-likeness (QED) is 0.868. The number of amides is 3. The maximum atomic E-state index is 12.6. The molecule has 1 fully saturated rings. The fourth-order valence-electron chi connectivity index (χ4n) is 2.76. The van der Waals surface area contributed by atoms with E-state index in [2.05, 4.69) is 5.32 Å². The summed E-state index contributed by atoms with van der Waals surface area (Å²) in [5, 5.41) is 3.08. The van der Waals surface area contributed by atoms with Gasteiger partial charge in [-0.3, -0.25) is 14.4 Å². The highest BCUT2D eigenvalue weighted by molar-refractivity contribution is 6.23. The van der Waals surface area contributed by atoms with E-state index in [4.69, 9.17) is 0 Å². The summed E-state index contributed by atoms with van der Waals surface area (Å²) in [7, 11) is 3.38. The Labute approximate surface area is 146 Å². The molecule has 1 N–H and O–H groups in total. The molecule has 0 saturated carbocycles. The van der Waals surface area contributed by atoms with E-state index in [-0.39, 0.29) is 24.1 Å². The Kier molecular flexibility index (Phi) is 4.52. The predicted octanol–water partition coefficient (Wildman–Crippen LogP) is 2.13. The molecule has 0 unspecified atom stereocenters. The number of carbonyl (C=O) groups is 3. The molecule has 0 aromatic heterocycles. The zero-order valence-electron chi connectivity index (χ0n) is 14.1. The van der Waals surface area contributed by atoms with E-state index < -0.39 is 6.04 Å². The molecule has 6 nitrogen and oxygen atoms in total. The minimum absolute atomic E-state index is 0.0890. The van der Waals surface area contributed by atoms with Crippen molar-refractivity contribution >= 4 is 29.1 Å². The number of hydrogen-bond acceptors (Lipinski definition) is 4. The summed E-state index contributed by atoms with van der Waals surface area (Å²) in [4.78, 5) is 39.4. The number of carbonyl (C=O) groups excluding carboxylic acids is 3. The van der Waals surface area contributed by atoms with Crippen LogP contribution in [0.4, 0.5) is 11.4 Å². The van der Waals surface area contributed by atoms with Crippen molar-refractivity contribution in [2.24, 2.45) is 0 Å². The third kappa shape index (κ3) is 3.38. The molecule has 1 aliphatic heterocycles. The molecule has 0 bridgehead atoms. The third-order valence-electron chi connectivity index (χ3n) is 4.04. The van der Waals surface area contributed by atoms with Crippen molar-refractivity contribution in [1.29, 1.82) is 0 Å². The largest absolute Gasteiger partial charge is 0.373 e. The van der Waals surface area contributed by atoms with Crippen molar-refractivity contribution in [3.05, 3.63) is 60.2 Å². The van der Waals surface area contributed by atoms with Crippen LogP contribution in [-0.4, -0.2) is 42.8 Å². The standard InChI is InChI=1S/C19H19N3O3/c1-21(2)18(24)13-8-10-14(11-9-13)20-16-12-17(23)22(19(16)25)15-6-4-3-5-7-15/h3-11,16,20H,12H2,1-2H3/t16-/m0/s1. The van der Waals surface area contributed by atoms with Gasteiger partial charge in [0.05, 0.1) is 12.1 Å². The number of nitrogens with one attached hydrogen (secondary N) is 1. The fraction of sp³-hybridized carbons (Fsp3) is 0.211. The summed E-state index contributed by atoms with van der Waals surface area (Å²) in [6, 6.07) is 15.1. The zero-order valence-corrected chi connectivity index (χ0v) is 14.1. The van der Waals surface area contributed by atoms with Gasteiger partial charge in [0, 0.05) is 25.3 Å². The van der Waals surface area contributed by atoms with Crippen LogP contribution in [-0.2, 0) is 9.59 Å². The SMILES string of the molecule is CN(C)C(=O)c1ccc(N[C@H]2CC(=O)N(c3ccccc3)C2=O)cc1. The van der Waals surface area contributed by atoms with Gasteiger partial charge in [0.1, 0.15) is 6.04 Å². The Morgan fingerprint density at radius 2 is 1.68 bits per heavy atom. The minimum Gasteiger partial charge on any atom is -0.373 e. The number of rotatable bonds is 4. The van der Waals surface area contributed by atoms with Crippen LogP contribution in [0.2, 0.25) is 0 Å². The highest BCUT2D eigenvalue weighted by atomic mass is 16.2. The van der Waals surface area contributed by atoms with Gasteiger partial charge in [-0.15, -0.1) is 0 Å². The Bertz CT molecular complexity index is 800. The van der Waals surface area contributed by atoms with Gasteiger partial charge in [-0.1, -0.05) is 18.2 Å². The summed E-state index contributed by atoms with van der Waals surface area (Å²) in [5.74, 6) is -0.591. The molecule has 1 saturated heterocycles. The van der Waals surface area contributed by atoms with Crippen LogP contribution in [0.15, 0.2) is 54.6 Å². The van der Waals surface area contributed by atoms with Gasteiger partial charge in [0.25, 0.3) is 11.8 Å². The first-order chi connectivity index (χ1) is 12.0. The summed E-state index contributed by atoms with van der Waals surface area (Å²) in [6.07, 6.45) is 0.103. The number of hydrogen-bond donors (Lipinski definition) is 1. The van der Waals surface area contributed by atoms with Crippen molar-refractivity contribution < 1.29 is 14.4 Å². The monoisotopic (exact) mass is 337 g/mol. The average Bonchev–Trinajstić information content (AvgIpc) is 2.89. The molecule has 3 amide bonds. The molecule has 25 heavy (non-hydrogen) atoms. The number of imide groups is 1. The lowest BCUT2D eigenvalue weighted by molar-refractivity contribution is -0.121. The average molecular weight is 337 g/mol. The van der Waals surface area contributed by atoms with E-state index in [0.29, 0.717) is 16.9 Å². The van der Waals surface area contributed by atoms with Crippen molar-refractivity contribution in [1.82, 2.24) is 4.90 Å². The Morgan fingerprint density at radius 1 is 1.04 bits per heavy atom. The number of nitrogens with zero attached hydrogens (tertiary/aromatic N) is 2. The number of benzene rings is 2. The molecule has 128 valence electrons. The van der Waals surface area contributed by atoms with Crippen LogP contribution in [0.1, 0.15) is 16.8 Å². The fourth-order valence-corrected chi connectivity index (χ4v) is 2.76. The van der Waals surface area contributed by atoms with Gasteiger partial charge in [-0.05, 0) is 36.4 Å². The van der Waals surface area contributed by atoms with Gasteiger partial charge in [0.2, 0.25) is 5.91 Å². The van der Waals surface area contributed by atoms with E-state index in [0.717, 1.165) is 0 Å². The first kappa shape index (κ1) is 16.7. The second kappa shape index (κ2) is 6.76. The van der Waals surface area contributed by atoms with E-state index >= 15 is 0 Å². The third-order valence-corrected chi connectivity index (χ3v) is 4.04. The van der Waals surface area contributed by atoms with Gasteiger partial charge < -0.3 is 10.2 Å². The topological polar surface area (TPSA) is 69.7 Å². The van der Waals surface area contributed by atoms with Crippen molar-refractivity contribution in [3.8, 4) is 0 Å². The van der Waals surface area contributed by atoms with Crippen LogP contribution < -0.4 is 10.2 Å². The summed E-state index contributed by atoms with van der Waals surface area (Å²) in [5.41, 5.74) is 1.83. The Balaban J connectivity index is 1.73. The Morgan fingerprint density at radius 3 is 2.28 bits per heavy atom. The van der Waals surface area contributed by atoms with Crippen LogP contribution in [0, 0.1) is 0 Å². The molecule has 0 aliphatic carbocycles. The van der Waals surface area contributed by atoms with Crippen molar-refractivity contribution in [3.63, 3.8) is 0 Å². The van der Waals surface area contributed by atoms with E-state index in [9.17, 15) is 14.4 Å². The molecular weight excluding hydrogens is 318 g/mol. The summed E-state index contributed by atoms with van der Waals surface area (Å²) < 4.78 is 0. The van der Waals surface area contributed by atoms with Gasteiger partial charge in [0.15, 0.2) is 0 Å². The number of anilines is 2. The van der Waals surface area contributed by atoms with E-state index in [1.807, 2.05) is 6.07 Å². The summed E-state index contributed by atoms with van der Waals surface area (Å²) >= 11 is 0. The molecule has 1 atom stereocenters. The van der Waals surface area contributed by atoms with Gasteiger partial charge in [-0.25, -0.2) is 4.90 Å². The van der Waals surface area contributed by atoms with Crippen LogP contribution in [0.25, 0.3) is 0 Å². The van der Waals surface area contributed by atoms with Crippen molar-refractivity contribution in [2.75, 3.05) is 24.3 Å². The lowest BCUT2D eigenvalue weighted by Crippen LogP contribution is -2.34. The zero-order chi connectivity index (χ0) is 18.0. The lowest BCUT2D eigenvalue weighted by atomic mass is 10.1.